The molecular formula is C16H9N9. The van der Waals surface area contributed by atoms with Crippen LogP contribution in [0.1, 0.15) is 0 Å². The third-order valence-corrected chi connectivity index (χ3v) is 3.50. The Hall–Kier alpha value is -3.88. The second-order valence-electron chi connectivity index (χ2n) is 5.33. The third-order valence-electron chi connectivity index (χ3n) is 3.50. The monoisotopic (exact) mass is 327 g/mol. The first-order valence-corrected chi connectivity index (χ1v) is 7.43. The third kappa shape index (κ3) is 2.53. The van der Waals surface area contributed by atoms with Gasteiger partial charge in [0.15, 0.2) is 46.7 Å². The van der Waals surface area contributed by atoms with Crippen LogP contribution in [0, 0.1) is 0 Å². The van der Waals surface area contributed by atoms with Gasteiger partial charge < -0.3 is 5.73 Å². The highest BCUT2D eigenvalue weighted by atomic mass is 15.1. The van der Waals surface area contributed by atoms with Crippen molar-refractivity contribution in [3.63, 3.8) is 0 Å². The number of nitrogens with zero attached hydrogens (tertiary/aromatic N) is 8. The zero-order valence-corrected chi connectivity index (χ0v) is 12.7. The van der Waals surface area contributed by atoms with E-state index in [1.165, 1.54) is 0 Å². The summed E-state index contributed by atoms with van der Waals surface area (Å²) in [5.74, 6) is 3.78. The van der Waals surface area contributed by atoms with Crippen LogP contribution in [0.2, 0.25) is 0 Å². The lowest BCUT2D eigenvalue weighted by molar-refractivity contribution is 1.44. The number of rotatable bonds is 0. The lowest BCUT2D eigenvalue weighted by atomic mass is 10.4. The maximum Gasteiger partial charge on any atom is 0.179 e. The molecule has 0 radical (unpaired) electrons. The van der Waals surface area contributed by atoms with Gasteiger partial charge in [0.2, 0.25) is 0 Å². The first kappa shape index (κ1) is 13.5. The zero-order valence-electron chi connectivity index (χ0n) is 12.7. The summed E-state index contributed by atoms with van der Waals surface area (Å²) < 4.78 is 0. The fourth-order valence-electron chi connectivity index (χ4n) is 2.41. The molecule has 2 N–H and O–H groups in total. The molecule has 118 valence electrons. The summed E-state index contributed by atoms with van der Waals surface area (Å²) >= 11 is 0. The van der Waals surface area contributed by atoms with Crippen LogP contribution in [0.3, 0.4) is 0 Å². The van der Waals surface area contributed by atoms with Crippen molar-refractivity contribution < 1.29 is 0 Å². The number of hydrogen-bond donors (Lipinski definition) is 1. The molecule has 8 bridgehead atoms. The van der Waals surface area contributed by atoms with E-state index in [1.54, 1.807) is 42.5 Å². The number of aliphatic imine (C=N–C) groups is 8. The Balaban J connectivity index is 1.66. The van der Waals surface area contributed by atoms with Gasteiger partial charge in [-0.3, -0.25) is 0 Å². The van der Waals surface area contributed by atoms with E-state index >= 15 is 0 Å². The van der Waals surface area contributed by atoms with Crippen LogP contribution in [0.4, 0.5) is 0 Å². The maximum absolute atomic E-state index is 5.96. The van der Waals surface area contributed by atoms with E-state index in [2.05, 4.69) is 39.9 Å². The Bertz CT molecular complexity index is 1080. The van der Waals surface area contributed by atoms with E-state index in [9.17, 15) is 0 Å². The SMILES string of the molecule is NC1=CC2=NC/1=N\C1=NC(=N\C3=NC(=N\C4=NC(=N\2)/C=C4)/C=C3)/C=C1. The molecule has 0 saturated carbocycles. The van der Waals surface area contributed by atoms with Crippen molar-refractivity contribution >= 4 is 46.7 Å². The van der Waals surface area contributed by atoms with Crippen LogP contribution in [-0.4, -0.2) is 46.7 Å². The molecule has 9 nitrogen and oxygen atoms in total. The predicted molar refractivity (Wildman–Crippen MR) is 99.2 cm³/mol. The highest BCUT2D eigenvalue weighted by molar-refractivity contribution is 6.28. The van der Waals surface area contributed by atoms with Crippen LogP contribution in [-0.2, 0) is 0 Å². The Kier molecular flexibility index (Phi) is 2.74. The minimum atomic E-state index is 0.362. The Morgan fingerprint density at radius 3 is 1.24 bits per heavy atom. The fourth-order valence-corrected chi connectivity index (χ4v) is 2.41. The standard InChI is InChI=1S/C16H9N9/c17-8-7-15-23-13-4-3-11(21-13)19-9-1-2-10(18-9)20-12-5-6-14(22-12)24-16(8)25-15/h1-7H,17H2/b19-9-,19-11?,20-10?,20-12-,23-13-,23-15?,24-14?,24-16-. The van der Waals surface area contributed by atoms with Crippen molar-refractivity contribution in [2.45, 2.75) is 0 Å². The van der Waals surface area contributed by atoms with Gasteiger partial charge in [-0.2, -0.15) is 0 Å². The fraction of sp³-hybridized carbons (Fsp3) is 0. The smallest absolute Gasteiger partial charge is 0.179 e. The van der Waals surface area contributed by atoms with Gasteiger partial charge in [0.25, 0.3) is 0 Å². The largest absolute Gasteiger partial charge is 0.396 e. The van der Waals surface area contributed by atoms with Gasteiger partial charge in [0.05, 0.1) is 5.70 Å². The van der Waals surface area contributed by atoms with E-state index in [-0.39, 0.29) is 0 Å². The molecule has 0 amide bonds. The minimum absolute atomic E-state index is 0.362. The van der Waals surface area contributed by atoms with Crippen LogP contribution in [0.5, 0.6) is 0 Å². The van der Waals surface area contributed by atoms with Crippen molar-refractivity contribution in [2.75, 3.05) is 0 Å². The van der Waals surface area contributed by atoms with Gasteiger partial charge >= 0.3 is 0 Å². The molecule has 0 aromatic heterocycles. The number of hydrogen-bond acceptors (Lipinski definition) is 9. The topological polar surface area (TPSA) is 125 Å². The Labute approximate surface area is 141 Å². The lowest BCUT2D eigenvalue weighted by Gasteiger charge is -1.94. The summed E-state index contributed by atoms with van der Waals surface area (Å²) in [6.45, 7) is 0. The van der Waals surface area contributed by atoms with Gasteiger partial charge in [0, 0.05) is 6.08 Å². The lowest BCUT2D eigenvalue weighted by Crippen LogP contribution is -2.07. The van der Waals surface area contributed by atoms with E-state index in [0.717, 1.165) is 0 Å². The molecule has 25 heavy (non-hydrogen) atoms. The summed E-state index contributed by atoms with van der Waals surface area (Å²) in [7, 11) is 0. The van der Waals surface area contributed by atoms with E-state index in [4.69, 9.17) is 5.73 Å². The summed E-state index contributed by atoms with van der Waals surface area (Å²) in [5.41, 5.74) is 6.38. The van der Waals surface area contributed by atoms with Crippen LogP contribution >= 0.6 is 0 Å². The second kappa shape index (κ2) is 5.06. The van der Waals surface area contributed by atoms with E-state index < -0.39 is 0 Å². The Morgan fingerprint density at radius 1 is 0.440 bits per heavy atom. The molecule has 0 spiro atoms. The zero-order chi connectivity index (χ0) is 16.8. The molecule has 0 aliphatic carbocycles. The molecule has 5 aliphatic rings. The van der Waals surface area contributed by atoms with Crippen molar-refractivity contribution in [1.82, 2.24) is 0 Å². The summed E-state index contributed by atoms with van der Waals surface area (Å²) in [6, 6.07) is 0. The molecule has 5 rings (SSSR count). The number of amidine groups is 8. The minimum Gasteiger partial charge on any atom is -0.396 e. The maximum atomic E-state index is 5.96. The molecule has 9 heteroatoms. The van der Waals surface area contributed by atoms with E-state index in [0.29, 0.717) is 52.4 Å². The molecule has 5 aliphatic heterocycles. The van der Waals surface area contributed by atoms with Crippen molar-refractivity contribution in [2.24, 2.45) is 45.7 Å². The number of nitrogens with two attached hydrogens (primary N) is 1. The predicted octanol–water partition coefficient (Wildman–Crippen LogP) is 0.754. The molecule has 0 aromatic rings. The average Bonchev–Trinajstić information content (AvgIpc) is 3.33. The normalized spacial score (nSPS) is 31.0. The van der Waals surface area contributed by atoms with Crippen molar-refractivity contribution in [3.05, 3.63) is 48.2 Å². The number of fused-ring (bicyclic) bond motifs is 4. The molecule has 0 aromatic carbocycles. The van der Waals surface area contributed by atoms with Crippen LogP contribution in [0.15, 0.2) is 88.2 Å². The first-order chi connectivity index (χ1) is 12.2. The average molecular weight is 327 g/mol. The summed E-state index contributed by atoms with van der Waals surface area (Å²) in [6.07, 6.45) is 12.2. The van der Waals surface area contributed by atoms with Crippen LogP contribution < -0.4 is 5.73 Å². The van der Waals surface area contributed by atoms with Crippen molar-refractivity contribution in [3.8, 4) is 0 Å². The molecular weight excluding hydrogens is 318 g/mol. The molecule has 0 fully saturated rings. The molecule has 5 heterocycles. The summed E-state index contributed by atoms with van der Waals surface area (Å²) in [5, 5.41) is 0. The molecule has 0 unspecified atom stereocenters. The second-order valence-corrected chi connectivity index (χ2v) is 5.33. The van der Waals surface area contributed by atoms with E-state index in [1.807, 2.05) is 0 Å². The molecule has 0 atom stereocenters. The highest BCUT2D eigenvalue weighted by Gasteiger charge is 2.17. The van der Waals surface area contributed by atoms with Crippen molar-refractivity contribution in [1.29, 1.82) is 0 Å². The quantitative estimate of drug-likeness (QED) is 0.693. The highest BCUT2D eigenvalue weighted by Crippen LogP contribution is 2.12. The first-order valence-electron chi connectivity index (χ1n) is 7.43. The van der Waals surface area contributed by atoms with Gasteiger partial charge in [-0.1, -0.05) is 0 Å². The van der Waals surface area contributed by atoms with Crippen LogP contribution in [0.25, 0.3) is 0 Å². The molecule has 0 saturated heterocycles. The van der Waals surface area contributed by atoms with Gasteiger partial charge in [0.1, 0.15) is 0 Å². The van der Waals surface area contributed by atoms with Gasteiger partial charge in [-0.25, -0.2) is 39.9 Å². The van der Waals surface area contributed by atoms with Gasteiger partial charge in [-0.05, 0) is 36.5 Å². The van der Waals surface area contributed by atoms with Gasteiger partial charge in [-0.15, -0.1) is 0 Å². The Morgan fingerprint density at radius 2 is 0.800 bits per heavy atom. The summed E-state index contributed by atoms with van der Waals surface area (Å²) in [4.78, 5) is 34.7.